The summed E-state index contributed by atoms with van der Waals surface area (Å²) in [6.45, 7) is -0.525. The van der Waals surface area contributed by atoms with E-state index in [-0.39, 0.29) is 28.0 Å². The fraction of sp³-hybridized carbons (Fsp3) is 0.200. The molecule has 2 aromatic heterocycles. The Morgan fingerprint density at radius 1 is 1.42 bits per heavy atom. The molecule has 0 spiro atoms. The van der Waals surface area contributed by atoms with Gasteiger partial charge >= 0.3 is 11.9 Å². The van der Waals surface area contributed by atoms with Gasteiger partial charge in [0.05, 0.1) is 0 Å². The summed E-state index contributed by atoms with van der Waals surface area (Å²) in [6, 6.07) is 1.38. The monoisotopic (exact) mass is 286 g/mol. The lowest BCUT2D eigenvalue weighted by atomic mass is 10.1. The molecule has 9 heteroatoms. The van der Waals surface area contributed by atoms with Crippen molar-refractivity contribution in [2.45, 2.75) is 0 Å². The zero-order valence-electron chi connectivity index (χ0n) is 9.20. The first-order valence-corrected chi connectivity index (χ1v) is 6.71. The second kappa shape index (κ2) is 3.68. The first-order chi connectivity index (χ1) is 8.87. The number of hydrogen-bond donors (Lipinski definition) is 1. The first-order valence-electron chi connectivity index (χ1n) is 5.10. The summed E-state index contributed by atoms with van der Waals surface area (Å²) >= 11 is 0. The Morgan fingerprint density at radius 2 is 2.16 bits per heavy atom. The molecule has 100 valence electrons. The summed E-state index contributed by atoms with van der Waals surface area (Å²) in [4.78, 5) is 23.2. The molecule has 0 unspecified atom stereocenters. The van der Waals surface area contributed by atoms with Crippen LogP contribution in [0.3, 0.4) is 0 Å². The molecule has 0 radical (unpaired) electrons. The zero-order chi connectivity index (χ0) is 13.8. The molecule has 0 amide bonds. The minimum absolute atomic E-state index is 0.00986. The van der Waals surface area contributed by atoms with Gasteiger partial charge in [0.15, 0.2) is 11.3 Å². The van der Waals surface area contributed by atoms with Gasteiger partial charge in [-0.15, -0.1) is 0 Å². The maximum absolute atomic E-state index is 11.7. The van der Waals surface area contributed by atoms with Gasteiger partial charge in [-0.3, -0.25) is 4.55 Å². The molecule has 2 bridgehead atoms. The van der Waals surface area contributed by atoms with Gasteiger partial charge in [-0.2, -0.15) is 8.42 Å². The average molecular weight is 286 g/mol. The number of esters is 2. The van der Waals surface area contributed by atoms with Crippen LogP contribution >= 0.6 is 0 Å². The van der Waals surface area contributed by atoms with Gasteiger partial charge in [-0.25, -0.2) is 9.59 Å². The van der Waals surface area contributed by atoms with Crippen molar-refractivity contribution < 1.29 is 36.5 Å². The molecule has 2 aromatic rings. The first kappa shape index (κ1) is 11.9. The summed E-state index contributed by atoms with van der Waals surface area (Å²) in [7, 11) is -4.22. The summed E-state index contributed by atoms with van der Waals surface area (Å²) in [5.74, 6) is -2.09. The Bertz CT molecular complexity index is 784. The molecular formula is C10H6O8S. The average Bonchev–Trinajstić information content (AvgIpc) is 2.86. The maximum Gasteiger partial charge on any atom is 0.348 e. The van der Waals surface area contributed by atoms with Crippen molar-refractivity contribution in [3.05, 3.63) is 17.2 Å². The highest BCUT2D eigenvalue weighted by Crippen LogP contribution is 2.42. The van der Waals surface area contributed by atoms with Crippen LogP contribution in [0.1, 0.15) is 20.7 Å². The van der Waals surface area contributed by atoms with Gasteiger partial charge in [-0.05, 0) is 0 Å². The van der Waals surface area contributed by atoms with E-state index in [4.69, 9.17) is 13.7 Å². The summed E-state index contributed by atoms with van der Waals surface area (Å²) < 4.78 is 44.1. The van der Waals surface area contributed by atoms with E-state index in [9.17, 15) is 18.0 Å². The van der Waals surface area contributed by atoms with Crippen molar-refractivity contribution in [3.8, 4) is 5.75 Å². The van der Waals surface area contributed by atoms with Crippen molar-refractivity contribution in [3.63, 3.8) is 0 Å². The lowest BCUT2D eigenvalue weighted by Crippen LogP contribution is -2.16. The van der Waals surface area contributed by atoms with Crippen LogP contribution < -0.4 is 4.74 Å². The number of fused-ring (bicyclic) bond motifs is 1. The molecule has 0 aliphatic carbocycles. The number of furan rings is 2. The molecule has 0 atom stereocenters. The number of benzene rings is 1. The smallest absolute Gasteiger partial charge is 0.348 e. The fourth-order valence-electron chi connectivity index (χ4n) is 1.84. The number of rotatable bonds is 4. The third kappa shape index (κ3) is 1.83. The molecular weight excluding hydrogens is 280 g/mol. The SMILES string of the molecule is O=C(OCCS(=O)(=O)O)c1c2c3oc1cc3OC2=O. The molecule has 1 N–H and O–H groups in total. The normalized spacial score (nSPS) is 14.1. The molecule has 19 heavy (non-hydrogen) atoms. The van der Waals surface area contributed by atoms with Gasteiger partial charge in [0, 0.05) is 6.07 Å². The Balaban J connectivity index is 1.82. The van der Waals surface area contributed by atoms with Crippen LogP contribution in [-0.4, -0.2) is 37.3 Å². The predicted molar refractivity (Wildman–Crippen MR) is 59.1 cm³/mol. The van der Waals surface area contributed by atoms with E-state index >= 15 is 0 Å². The van der Waals surface area contributed by atoms with E-state index in [0.717, 1.165) is 0 Å². The molecule has 1 aliphatic rings. The minimum Gasteiger partial charge on any atom is -0.461 e. The number of carbonyl (C=O) groups is 2. The molecule has 0 aromatic carbocycles. The van der Waals surface area contributed by atoms with Crippen LogP contribution in [0.15, 0.2) is 10.5 Å². The molecule has 8 nitrogen and oxygen atoms in total. The topological polar surface area (TPSA) is 120 Å². The quantitative estimate of drug-likeness (QED) is 0.635. The van der Waals surface area contributed by atoms with E-state index in [1.54, 1.807) is 0 Å². The third-order valence-corrected chi connectivity index (χ3v) is 3.29. The second-order valence-electron chi connectivity index (χ2n) is 3.87. The van der Waals surface area contributed by atoms with Gasteiger partial charge in [-0.1, -0.05) is 0 Å². The van der Waals surface area contributed by atoms with Crippen LogP contribution in [0.25, 0.3) is 11.2 Å². The van der Waals surface area contributed by atoms with Crippen LogP contribution in [0.4, 0.5) is 0 Å². The van der Waals surface area contributed by atoms with E-state index in [0.29, 0.717) is 0 Å². The molecule has 0 saturated heterocycles. The van der Waals surface area contributed by atoms with Crippen molar-refractivity contribution in [2.24, 2.45) is 0 Å². The molecule has 0 saturated carbocycles. The molecule has 3 heterocycles. The highest BCUT2D eigenvalue weighted by Gasteiger charge is 2.38. The largest absolute Gasteiger partial charge is 0.461 e. The van der Waals surface area contributed by atoms with E-state index in [2.05, 4.69) is 4.74 Å². The van der Waals surface area contributed by atoms with Crippen LogP contribution in [-0.2, 0) is 14.9 Å². The Kier molecular flexibility index (Phi) is 2.31. The number of carbonyl (C=O) groups excluding carboxylic acids is 2. The Morgan fingerprint density at radius 3 is 2.84 bits per heavy atom. The van der Waals surface area contributed by atoms with Crippen LogP contribution in [0, 0.1) is 0 Å². The van der Waals surface area contributed by atoms with Crippen LogP contribution in [0.5, 0.6) is 5.75 Å². The van der Waals surface area contributed by atoms with Crippen molar-refractivity contribution in [2.75, 3.05) is 12.4 Å². The third-order valence-electron chi connectivity index (χ3n) is 2.61. The van der Waals surface area contributed by atoms with Crippen molar-refractivity contribution in [1.82, 2.24) is 0 Å². The van der Waals surface area contributed by atoms with E-state index in [1.165, 1.54) is 6.07 Å². The fourth-order valence-corrected chi connectivity index (χ4v) is 2.14. The summed E-state index contributed by atoms with van der Waals surface area (Å²) in [5.41, 5.74) is 0.227. The second-order valence-corrected chi connectivity index (χ2v) is 5.44. The minimum atomic E-state index is -4.22. The Hall–Kier alpha value is -2.13. The van der Waals surface area contributed by atoms with Gasteiger partial charge in [0.1, 0.15) is 29.1 Å². The zero-order valence-corrected chi connectivity index (χ0v) is 10.0. The lowest BCUT2D eigenvalue weighted by molar-refractivity contribution is 0.0523. The predicted octanol–water partition coefficient (Wildman–Crippen LogP) is 0.448. The van der Waals surface area contributed by atoms with Gasteiger partial charge in [0.2, 0.25) is 0 Å². The van der Waals surface area contributed by atoms with Gasteiger partial charge in [0.25, 0.3) is 10.1 Å². The number of hydrogen-bond acceptors (Lipinski definition) is 7. The lowest BCUT2D eigenvalue weighted by Gasteiger charge is -2.02. The highest BCUT2D eigenvalue weighted by molar-refractivity contribution is 7.85. The van der Waals surface area contributed by atoms with E-state index < -0.39 is 34.4 Å². The van der Waals surface area contributed by atoms with Crippen molar-refractivity contribution >= 4 is 33.2 Å². The number of ether oxygens (including phenoxy) is 2. The highest BCUT2D eigenvalue weighted by atomic mass is 32.2. The maximum atomic E-state index is 11.7. The standard InChI is InChI=1S/C10H6O8S/c11-9(16-1-2-19(13,14)15)6-4-3-5-8(17-4)7(6)10(12)18-5/h3H,1-2H2,(H,13,14,15). The van der Waals surface area contributed by atoms with E-state index in [1.807, 2.05) is 0 Å². The molecule has 1 aliphatic heterocycles. The Labute approximate surface area is 106 Å². The van der Waals surface area contributed by atoms with Gasteiger partial charge < -0.3 is 13.9 Å². The van der Waals surface area contributed by atoms with Crippen LogP contribution in [0.2, 0.25) is 0 Å². The summed E-state index contributed by atoms with van der Waals surface area (Å²) in [5, 5.41) is 0. The molecule has 3 rings (SSSR count). The van der Waals surface area contributed by atoms with Crippen molar-refractivity contribution in [1.29, 1.82) is 0 Å². The molecule has 0 fully saturated rings. The summed E-state index contributed by atoms with van der Waals surface area (Å²) in [6.07, 6.45) is 0.